The maximum Gasteiger partial charge on any atom is 0.224 e. The minimum atomic E-state index is 0.236. The molecule has 24 heavy (non-hydrogen) atoms. The van der Waals surface area contributed by atoms with Gasteiger partial charge in [0.2, 0.25) is 5.91 Å². The lowest BCUT2D eigenvalue weighted by molar-refractivity contribution is -0.132. The number of carbonyl (C=O) groups is 1. The number of nitrogens with zero attached hydrogens (tertiary/aromatic N) is 1. The van der Waals surface area contributed by atoms with Crippen LogP contribution in [0.1, 0.15) is 23.1 Å². The Kier molecular flexibility index (Phi) is 5.89. The minimum Gasteiger partial charge on any atom is -0.338 e. The van der Waals surface area contributed by atoms with Crippen LogP contribution in [0.25, 0.3) is 0 Å². The molecular weight excluding hydrogens is 320 g/mol. The molecule has 2 aromatic rings. The average Bonchev–Trinajstić information content (AvgIpc) is 2.61. The topological polar surface area (TPSA) is 32.3 Å². The fourth-order valence-electron chi connectivity index (χ4n) is 3.11. The van der Waals surface area contributed by atoms with Crippen molar-refractivity contribution in [2.45, 2.75) is 25.8 Å². The van der Waals surface area contributed by atoms with Crippen molar-refractivity contribution in [3.63, 3.8) is 0 Å². The second-order valence-corrected chi connectivity index (χ2v) is 6.65. The van der Waals surface area contributed by atoms with Crippen LogP contribution >= 0.6 is 11.6 Å². The summed E-state index contributed by atoms with van der Waals surface area (Å²) in [5.41, 5.74) is 3.88. The Morgan fingerprint density at radius 3 is 2.75 bits per heavy atom. The van der Waals surface area contributed by atoms with Crippen molar-refractivity contribution in [3.05, 3.63) is 70.2 Å². The number of amides is 1. The molecule has 0 saturated carbocycles. The molecule has 2 aromatic carbocycles. The smallest absolute Gasteiger partial charge is 0.224 e. The van der Waals surface area contributed by atoms with Crippen LogP contribution in [0, 0.1) is 0 Å². The summed E-state index contributed by atoms with van der Waals surface area (Å²) in [6.45, 7) is 3.16. The molecule has 126 valence electrons. The van der Waals surface area contributed by atoms with Gasteiger partial charge in [0.25, 0.3) is 0 Å². The SMILES string of the molecule is O=C(CCNCCc1cccc(Cl)c1)N1CCc2ccccc2C1. The van der Waals surface area contributed by atoms with E-state index in [0.717, 1.165) is 44.0 Å². The number of hydrogen-bond acceptors (Lipinski definition) is 2. The number of halogens is 1. The van der Waals surface area contributed by atoms with E-state index >= 15 is 0 Å². The van der Waals surface area contributed by atoms with E-state index in [-0.39, 0.29) is 5.91 Å². The number of carbonyl (C=O) groups excluding carboxylic acids is 1. The van der Waals surface area contributed by atoms with Gasteiger partial charge in [-0.3, -0.25) is 4.79 Å². The first kappa shape index (κ1) is 17.0. The molecule has 0 atom stereocenters. The highest BCUT2D eigenvalue weighted by Gasteiger charge is 2.19. The van der Waals surface area contributed by atoms with Gasteiger partial charge in [-0.2, -0.15) is 0 Å². The summed E-state index contributed by atoms with van der Waals surface area (Å²) in [6, 6.07) is 16.3. The lowest BCUT2D eigenvalue weighted by Crippen LogP contribution is -2.37. The van der Waals surface area contributed by atoms with E-state index in [1.165, 1.54) is 16.7 Å². The molecular formula is C20H23ClN2O. The first-order chi connectivity index (χ1) is 11.7. The lowest BCUT2D eigenvalue weighted by atomic mass is 10.00. The van der Waals surface area contributed by atoms with E-state index in [1.807, 2.05) is 29.2 Å². The zero-order chi connectivity index (χ0) is 16.8. The molecule has 1 N–H and O–H groups in total. The first-order valence-corrected chi connectivity index (χ1v) is 8.90. The molecule has 1 aliphatic rings. The molecule has 0 bridgehead atoms. The standard InChI is InChI=1S/C20H23ClN2O/c21-19-7-3-4-16(14-19)8-11-22-12-9-20(24)23-13-10-17-5-1-2-6-18(17)15-23/h1-7,14,22H,8-13,15H2. The molecule has 0 radical (unpaired) electrons. The Bertz CT molecular complexity index is 702. The molecule has 1 aliphatic heterocycles. The second kappa shape index (κ2) is 8.32. The Labute approximate surface area is 148 Å². The molecule has 1 amide bonds. The summed E-state index contributed by atoms with van der Waals surface area (Å²) in [6.07, 6.45) is 2.44. The van der Waals surface area contributed by atoms with Gasteiger partial charge in [0.1, 0.15) is 0 Å². The number of nitrogens with one attached hydrogen (secondary N) is 1. The van der Waals surface area contributed by atoms with Gasteiger partial charge in [-0.05, 0) is 48.2 Å². The van der Waals surface area contributed by atoms with Crippen LogP contribution in [0.4, 0.5) is 0 Å². The second-order valence-electron chi connectivity index (χ2n) is 6.21. The van der Waals surface area contributed by atoms with Gasteiger partial charge in [0, 0.05) is 31.1 Å². The van der Waals surface area contributed by atoms with Gasteiger partial charge in [0.15, 0.2) is 0 Å². The minimum absolute atomic E-state index is 0.236. The largest absolute Gasteiger partial charge is 0.338 e. The molecule has 0 aliphatic carbocycles. The highest BCUT2D eigenvalue weighted by atomic mass is 35.5. The van der Waals surface area contributed by atoms with Crippen LogP contribution in [0.5, 0.6) is 0 Å². The third-order valence-corrected chi connectivity index (χ3v) is 4.71. The zero-order valence-corrected chi connectivity index (χ0v) is 14.6. The fourth-order valence-corrected chi connectivity index (χ4v) is 3.33. The van der Waals surface area contributed by atoms with Gasteiger partial charge >= 0.3 is 0 Å². The summed E-state index contributed by atoms with van der Waals surface area (Å²) < 4.78 is 0. The Morgan fingerprint density at radius 1 is 1.08 bits per heavy atom. The molecule has 0 spiro atoms. The highest BCUT2D eigenvalue weighted by molar-refractivity contribution is 6.30. The predicted octanol–water partition coefficient (Wildman–Crippen LogP) is 3.45. The molecule has 0 saturated heterocycles. The summed E-state index contributed by atoms with van der Waals surface area (Å²) in [5.74, 6) is 0.236. The van der Waals surface area contributed by atoms with Crippen LogP contribution in [0.3, 0.4) is 0 Å². The van der Waals surface area contributed by atoms with E-state index in [0.29, 0.717) is 6.42 Å². The normalized spacial score (nSPS) is 13.6. The van der Waals surface area contributed by atoms with Crippen molar-refractivity contribution in [1.29, 1.82) is 0 Å². The molecule has 0 fully saturated rings. The summed E-state index contributed by atoms with van der Waals surface area (Å²) in [5, 5.41) is 4.12. The van der Waals surface area contributed by atoms with Crippen LogP contribution in [0.2, 0.25) is 5.02 Å². The van der Waals surface area contributed by atoms with Crippen molar-refractivity contribution in [1.82, 2.24) is 10.2 Å². The van der Waals surface area contributed by atoms with Gasteiger partial charge < -0.3 is 10.2 Å². The number of rotatable bonds is 6. The van der Waals surface area contributed by atoms with E-state index < -0.39 is 0 Å². The van der Waals surface area contributed by atoms with E-state index in [4.69, 9.17) is 11.6 Å². The fraction of sp³-hybridized carbons (Fsp3) is 0.350. The van der Waals surface area contributed by atoms with Crippen LogP contribution in [-0.4, -0.2) is 30.4 Å². The van der Waals surface area contributed by atoms with Crippen molar-refractivity contribution >= 4 is 17.5 Å². The predicted molar refractivity (Wildman–Crippen MR) is 98.2 cm³/mol. The Morgan fingerprint density at radius 2 is 1.92 bits per heavy atom. The van der Waals surface area contributed by atoms with Crippen LogP contribution in [-0.2, 0) is 24.2 Å². The number of benzene rings is 2. The van der Waals surface area contributed by atoms with Gasteiger partial charge in [-0.1, -0.05) is 48.0 Å². The molecule has 3 rings (SSSR count). The summed E-state index contributed by atoms with van der Waals surface area (Å²) in [4.78, 5) is 14.3. The molecule has 1 heterocycles. The van der Waals surface area contributed by atoms with E-state index in [1.54, 1.807) is 0 Å². The van der Waals surface area contributed by atoms with Crippen molar-refractivity contribution in [2.75, 3.05) is 19.6 Å². The molecule has 4 heteroatoms. The number of fused-ring (bicyclic) bond motifs is 1. The van der Waals surface area contributed by atoms with Gasteiger partial charge in [0.05, 0.1) is 0 Å². The zero-order valence-electron chi connectivity index (χ0n) is 13.8. The third-order valence-electron chi connectivity index (χ3n) is 4.48. The third kappa shape index (κ3) is 4.59. The first-order valence-electron chi connectivity index (χ1n) is 8.52. The van der Waals surface area contributed by atoms with Gasteiger partial charge in [-0.15, -0.1) is 0 Å². The highest BCUT2D eigenvalue weighted by Crippen LogP contribution is 2.18. The monoisotopic (exact) mass is 342 g/mol. The van der Waals surface area contributed by atoms with Crippen LogP contribution in [0.15, 0.2) is 48.5 Å². The van der Waals surface area contributed by atoms with Gasteiger partial charge in [-0.25, -0.2) is 0 Å². The average molecular weight is 343 g/mol. The van der Waals surface area contributed by atoms with E-state index in [2.05, 4.69) is 29.6 Å². The lowest BCUT2D eigenvalue weighted by Gasteiger charge is -2.29. The summed E-state index contributed by atoms with van der Waals surface area (Å²) in [7, 11) is 0. The maximum absolute atomic E-state index is 12.4. The quantitative estimate of drug-likeness (QED) is 0.815. The van der Waals surface area contributed by atoms with Crippen molar-refractivity contribution in [2.24, 2.45) is 0 Å². The van der Waals surface area contributed by atoms with Crippen LogP contribution < -0.4 is 5.32 Å². The summed E-state index contributed by atoms with van der Waals surface area (Å²) >= 11 is 5.98. The number of hydrogen-bond donors (Lipinski definition) is 1. The van der Waals surface area contributed by atoms with E-state index in [9.17, 15) is 4.79 Å². The Balaban J connectivity index is 1.37. The van der Waals surface area contributed by atoms with Crippen molar-refractivity contribution in [3.8, 4) is 0 Å². The molecule has 3 nitrogen and oxygen atoms in total. The molecule has 0 unspecified atom stereocenters. The maximum atomic E-state index is 12.4. The van der Waals surface area contributed by atoms with Crippen molar-refractivity contribution < 1.29 is 4.79 Å². The molecule has 0 aromatic heterocycles. The Hall–Kier alpha value is -1.84.